The third-order valence-electron chi connectivity index (χ3n) is 5.09. The third kappa shape index (κ3) is 3.98. The van der Waals surface area contributed by atoms with Crippen molar-refractivity contribution in [3.63, 3.8) is 0 Å². The van der Waals surface area contributed by atoms with Gasteiger partial charge in [0.2, 0.25) is 0 Å². The number of nitrogens with one attached hydrogen (secondary N) is 1. The highest BCUT2D eigenvalue weighted by Gasteiger charge is 2.26. The summed E-state index contributed by atoms with van der Waals surface area (Å²) in [5.41, 5.74) is 9.80. The van der Waals surface area contributed by atoms with Crippen molar-refractivity contribution in [3.05, 3.63) is 107 Å². The number of rotatable bonds is 5. The Labute approximate surface area is 163 Å². The molecule has 0 saturated heterocycles. The third-order valence-corrected chi connectivity index (χ3v) is 5.09. The molecule has 0 unspecified atom stereocenters. The maximum absolute atomic E-state index is 4.37. The van der Waals surface area contributed by atoms with Crippen molar-refractivity contribution in [2.45, 2.75) is 34.1 Å². The molecule has 0 aromatic heterocycles. The summed E-state index contributed by atoms with van der Waals surface area (Å²) >= 11 is 0. The first-order chi connectivity index (χ1) is 13.0. The smallest absolute Gasteiger partial charge is 0.0466 e. The molecule has 0 aliphatic carbocycles. The van der Waals surface area contributed by atoms with Crippen molar-refractivity contribution in [2.24, 2.45) is 5.92 Å². The first kappa shape index (κ1) is 19.0. The minimum Gasteiger partial charge on any atom is -0.355 e. The molecule has 1 N–H and O–H groups in total. The number of fused-ring (bicyclic) bond motifs is 1. The summed E-state index contributed by atoms with van der Waals surface area (Å²) in [7, 11) is 0. The number of hydrogen-bond donors (Lipinski definition) is 1. The fourth-order valence-electron chi connectivity index (χ4n) is 3.81. The molecule has 0 spiro atoms. The van der Waals surface area contributed by atoms with Crippen LogP contribution in [0.1, 0.15) is 43.9 Å². The van der Waals surface area contributed by atoms with E-state index in [9.17, 15) is 0 Å². The van der Waals surface area contributed by atoms with Gasteiger partial charge < -0.3 is 5.32 Å². The number of benzene rings is 2. The summed E-state index contributed by atoms with van der Waals surface area (Å²) in [6.07, 6.45) is 7.83. The van der Waals surface area contributed by atoms with E-state index in [0.717, 1.165) is 17.8 Å². The molecule has 0 radical (unpaired) electrons. The molecule has 0 bridgehead atoms. The van der Waals surface area contributed by atoms with Gasteiger partial charge in [0, 0.05) is 22.9 Å². The summed E-state index contributed by atoms with van der Waals surface area (Å²) in [6.45, 7) is 13.1. The van der Waals surface area contributed by atoms with Crippen LogP contribution in [0.5, 0.6) is 0 Å². The molecule has 3 rings (SSSR count). The highest BCUT2D eigenvalue weighted by molar-refractivity contribution is 5.95. The van der Waals surface area contributed by atoms with Crippen LogP contribution in [0, 0.1) is 12.8 Å². The zero-order valence-corrected chi connectivity index (χ0v) is 16.8. The van der Waals surface area contributed by atoms with E-state index in [2.05, 4.69) is 106 Å². The Bertz CT molecular complexity index is 926. The van der Waals surface area contributed by atoms with Gasteiger partial charge in [-0.2, -0.15) is 0 Å². The fraction of sp³-hybridized carbons (Fsp3) is 0.231. The zero-order valence-electron chi connectivity index (χ0n) is 16.8. The Kier molecular flexibility index (Phi) is 5.81. The van der Waals surface area contributed by atoms with E-state index in [0.29, 0.717) is 0 Å². The Morgan fingerprint density at radius 2 is 1.85 bits per heavy atom. The quantitative estimate of drug-likeness (QED) is 0.555. The summed E-state index contributed by atoms with van der Waals surface area (Å²) in [4.78, 5) is 0. The molecule has 1 aliphatic rings. The van der Waals surface area contributed by atoms with Crippen LogP contribution in [-0.2, 0) is 0 Å². The first-order valence-electron chi connectivity index (χ1n) is 9.73. The average molecular weight is 356 g/mol. The number of aryl methyl sites for hydroxylation is 1. The molecule has 1 nitrogen and oxygen atoms in total. The van der Waals surface area contributed by atoms with Crippen LogP contribution >= 0.6 is 0 Å². The van der Waals surface area contributed by atoms with E-state index >= 15 is 0 Å². The van der Waals surface area contributed by atoms with Crippen molar-refractivity contribution < 1.29 is 0 Å². The molecule has 2 aromatic carbocycles. The van der Waals surface area contributed by atoms with Crippen molar-refractivity contribution in [3.8, 4) is 0 Å². The first-order valence-corrected chi connectivity index (χ1v) is 9.73. The lowest BCUT2D eigenvalue weighted by Crippen LogP contribution is -2.17. The van der Waals surface area contributed by atoms with Crippen LogP contribution in [0.4, 0.5) is 5.69 Å². The second-order valence-corrected chi connectivity index (χ2v) is 7.26. The van der Waals surface area contributed by atoms with Gasteiger partial charge in [0.1, 0.15) is 0 Å². The van der Waals surface area contributed by atoms with Gasteiger partial charge >= 0.3 is 0 Å². The van der Waals surface area contributed by atoms with E-state index in [4.69, 9.17) is 0 Å². The van der Waals surface area contributed by atoms with Gasteiger partial charge in [0.15, 0.2) is 0 Å². The van der Waals surface area contributed by atoms with Crippen molar-refractivity contribution in [1.29, 1.82) is 0 Å². The molecule has 1 aliphatic heterocycles. The summed E-state index contributed by atoms with van der Waals surface area (Å²) in [5, 5.41) is 3.54. The van der Waals surface area contributed by atoms with Crippen LogP contribution in [-0.4, -0.2) is 0 Å². The van der Waals surface area contributed by atoms with Crippen molar-refractivity contribution >= 4 is 11.3 Å². The number of allylic oxidation sites excluding steroid dienone is 5. The zero-order chi connectivity index (χ0) is 19.4. The maximum Gasteiger partial charge on any atom is 0.0466 e. The number of hydrogen-bond acceptors (Lipinski definition) is 1. The van der Waals surface area contributed by atoms with Gasteiger partial charge in [-0.25, -0.2) is 0 Å². The fourth-order valence-corrected chi connectivity index (χ4v) is 3.81. The van der Waals surface area contributed by atoms with Gasteiger partial charge in [-0.3, -0.25) is 0 Å². The molecule has 0 saturated carbocycles. The topological polar surface area (TPSA) is 12.0 Å². The van der Waals surface area contributed by atoms with E-state index in [-0.39, 0.29) is 5.92 Å². The number of anilines is 1. The summed E-state index contributed by atoms with van der Waals surface area (Å²) < 4.78 is 0. The SMILES string of the molecule is C=C1Nc2cccc(C)c2C(c2ccccc2)=C1[C@H](C)/C=C/C(C)=C/CC. The van der Waals surface area contributed by atoms with Gasteiger partial charge in [-0.1, -0.05) is 86.7 Å². The van der Waals surface area contributed by atoms with Gasteiger partial charge in [-0.15, -0.1) is 0 Å². The normalized spacial score (nSPS) is 15.7. The maximum atomic E-state index is 4.37. The minimum absolute atomic E-state index is 0.258. The van der Waals surface area contributed by atoms with Crippen LogP contribution in [0.15, 0.2) is 90.2 Å². The molecule has 0 fully saturated rings. The van der Waals surface area contributed by atoms with E-state index in [1.165, 1.54) is 33.4 Å². The minimum atomic E-state index is 0.258. The van der Waals surface area contributed by atoms with Gasteiger partial charge in [0.05, 0.1) is 0 Å². The standard InChI is InChI=1S/C26H29N/c1-6-11-18(2)16-17-20(4)24-21(5)27-23-15-10-12-19(3)25(23)26(24)22-13-8-7-9-14-22/h7-17,20,27H,5-6H2,1-4H3/b17-16+,18-11+/t20-/m1/s1. The van der Waals surface area contributed by atoms with E-state index in [1.807, 2.05) is 0 Å². The largest absolute Gasteiger partial charge is 0.355 e. The molecule has 1 atom stereocenters. The van der Waals surface area contributed by atoms with Crippen LogP contribution in [0.2, 0.25) is 0 Å². The molecule has 1 heterocycles. The molecule has 27 heavy (non-hydrogen) atoms. The van der Waals surface area contributed by atoms with E-state index in [1.54, 1.807) is 0 Å². The molecule has 1 heteroatoms. The Balaban J connectivity index is 2.20. The Morgan fingerprint density at radius 3 is 2.56 bits per heavy atom. The summed E-state index contributed by atoms with van der Waals surface area (Å²) in [5.74, 6) is 0.258. The lowest BCUT2D eigenvalue weighted by molar-refractivity contribution is 0.872. The van der Waals surface area contributed by atoms with Gasteiger partial charge in [-0.05, 0) is 48.6 Å². The van der Waals surface area contributed by atoms with Crippen LogP contribution in [0.25, 0.3) is 5.57 Å². The average Bonchev–Trinajstić information content (AvgIpc) is 2.66. The highest BCUT2D eigenvalue weighted by Crippen LogP contribution is 2.43. The van der Waals surface area contributed by atoms with Gasteiger partial charge in [0.25, 0.3) is 0 Å². The lowest BCUT2D eigenvalue weighted by Gasteiger charge is -2.30. The Hall–Kier alpha value is -2.80. The second-order valence-electron chi connectivity index (χ2n) is 7.26. The molecular formula is C26H29N. The van der Waals surface area contributed by atoms with E-state index < -0.39 is 0 Å². The highest BCUT2D eigenvalue weighted by atomic mass is 14.9. The van der Waals surface area contributed by atoms with Crippen molar-refractivity contribution in [2.75, 3.05) is 5.32 Å². The van der Waals surface area contributed by atoms with Crippen molar-refractivity contribution in [1.82, 2.24) is 0 Å². The van der Waals surface area contributed by atoms with Crippen LogP contribution in [0.3, 0.4) is 0 Å². The Morgan fingerprint density at radius 1 is 1.11 bits per heavy atom. The second kappa shape index (κ2) is 8.26. The molecule has 2 aromatic rings. The monoisotopic (exact) mass is 355 g/mol. The lowest BCUT2D eigenvalue weighted by atomic mass is 9.81. The van der Waals surface area contributed by atoms with Crippen LogP contribution < -0.4 is 5.32 Å². The predicted molar refractivity (Wildman–Crippen MR) is 119 cm³/mol. The molecular weight excluding hydrogens is 326 g/mol. The molecule has 138 valence electrons. The molecule has 0 amide bonds. The predicted octanol–water partition coefficient (Wildman–Crippen LogP) is 7.28. The summed E-state index contributed by atoms with van der Waals surface area (Å²) in [6, 6.07) is 17.1.